The third kappa shape index (κ3) is 3.94. The summed E-state index contributed by atoms with van der Waals surface area (Å²) in [7, 11) is 0. The number of rotatable bonds is 5. The summed E-state index contributed by atoms with van der Waals surface area (Å²) in [6.07, 6.45) is 2.73. The van der Waals surface area contributed by atoms with Gasteiger partial charge in [0.05, 0.1) is 11.6 Å². The highest BCUT2D eigenvalue weighted by Crippen LogP contribution is 2.44. The lowest BCUT2D eigenvalue weighted by Crippen LogP contribution is -2.26. The molecule has 0 radical (unpaired) electrons. The van der Waals surface area contributed by atoms with Crippen LogP contribution in [-0.4, -0.2) is 19.2 Å². The van der Waals surface area contributed by atoms with Crippen molar-refractivity contribution in [2.45, 2.75) is 5.92 Å². The Bertz CT molecular complexity index is 1120. The van der Waals surface area contributed by atoms with E-state index in [9.17, 15) is 9.18 Å². The van der Waals surface area contributed by atoms with Crippen molar-refractivity contribution in [3.8, 4) is 17.2 Å². The number of halogens is 1. The number of hydrogen-bond acceptors (Lipinski definition) is 3. The molecule has 30 heavy (non-hydrogen) atoms. The number of carbonyl (C=O) groups excluding carboxylic acids is 1. The first-order valence-corrected chi connectivity index (χ1v) is 9.62. The highest BCUT2D eigenvalue weighted by Gasteiger charge is 2.28. The maximum Gasteiger partial charge on any atom is 0.407 e. The van der Waals surface area contributed by atoms with Crippen LogP contribution in [0.25, 0.3) is 17.2 Å². The molecule has 4 rings (SSSR count). The maximum atomic E-state index is 13.3. The zero-order valence-electron chi connectivity index (χ0n) is 16.1. The number of benzene rings is 3. The summed E-state index contributed by atoms with van der Waals surface area (Å²) in [6, 6.07) is 22.3. The first kappa shape index (κ1) is 19.4. The fraction of sp³-hybridized carbons (Fsp3) is 0.120. The van der Waals surface area contributed by atoms with Gasteiger partial charge in [-0.2, -0.15) is 5.26 Å². The second-order valence-electron chi connectivity index (χ2n) is 6.95. The summed E-state index contributed by atoms with van der Waals surface area (Å²) in [5.41, 5.74) is 5.49. The van der Waals surface area contributed by atoms with Gasteiger partial charge in [-0.1, -0.05) is 60.7 Å². The Morgan fingerprint density at radius 2 is 1.73 bits per heavy atom. The highest BCUT2D eigenvalue weighted by molar-refractivity contribution is 5.79. The Kier molecular flexibility index (Phi) is 5.58. The Balaban J connectivity index is 1.35. The third-order valence-electron chi connectivity index (χ3n) is 5.14. The number of nitrogens with zero attached hydrogens (tertiary/aromatic N) is 1. The molecule has 0 aliphatic heterocycles. The van der Waals surface area contributed by atoms with Gasteiger partial charge in [0, 0.05) is 12.5 Å². The molecule has 0 saturated heterocycles. The lowest BCUT2D eigenvalue weighted by atomic mass is 9.98. The van der Waals surface area contributed by atoms with E-state index in [-0.39, 0.29) is 19.1 Å². The second-order valence-corrected chi connectivity index (χ2v) is 6.95. The van der Waals surface area contributed by atoms with Crippen molar-refractivity contribution in [3.63, 3.8) is 0 Å². The number of alkyl carbamates (subject to hydrolysis) is 1. The molecule has 1 aliphatic rings. The van der Waals surface area contributed by atoms with Crippen LogP contribution in [0.5, 0.6) is 0 Å². The Morgan fingerprint density at radius 3 is 2.40 bits per heavy atom. The summed E-state index contributed by atoms with van der Waals surface area (Å²) < 4.78 is 18.8. The number of carbonyl (C=O) groups is 1. The molecule has 1 aliphatic carbocycles. The zero-order valence-corrected chi connectivity index (χ0v) is 16.1. The summed E-state index contributed by atoms with van der Waals surface area (Å²) >= 11 is 0. The van der Waals surface area contributed by atoms with Gasteiger partial charge < -0.3 is 10.1 Å². The Labute approximate surface area is 174 Å². The highest BCUT2D eigenvalue weighted by atomic mass is 19.1. The Morgan fingerprint density at radius 1 is 1.07 bits per heavy atom. The molecule has 0 unspecified atom stereocenters. The molecule has 1 amide bonds. The number of nitriles is 1. The van der Waals surface area contributed by atoms with E-state index in [2.05, 4.69) is 29.6 Å². The lowest BCUT2D eigenvalue weighted by molar-refractivity contribution is 0.144. The van der Waals surface area contributed by atoms with Gasteiger partial charge in [-0.25, -0.2) is 9.18 Å². The lowest BCUT2D eigenvalue weighted by Gasteiger charge is -2.14. The van der Waals surface area contributed by atoms with Crippen molar-refractivity contribution in [2.75, 3.05) is 13.2 Å². The molecular formula is C25H19FN2O2. The molecule has 0 atom stereocenters. The molecule has 148 valence electrons. The van der Waals surface area contributed by atoms with Crippen molar-refractivity contribution in [2.24, 2.45) is 0 Å². The first-order valence-electron chi connectivity index (χ1n) is 9.62. The van der Waals surface area contributed by atoms with Gasteiger partial charge >= 0.3 is 6.09 Å². The summed E-state index contributed by atoms with van der Waals surface area (Å²) in [5, 5.41) is 11.7. The molecular weight excluding hydrogens is 379 g/mol. The molecule has 0 spiro atoms. The summed E-state index contributed by atoms with van der Waals surface area (Å²) in [6.45, 7) is 0.449. The third-order valence-corrected chi connectivity index (χ3v) is 5.14. The van der Waals surface area contributed by atoms with E-state index in [0.717, 1.165) is 11.1 Å². The molecule has 0 saturated carbocycles. The van der Waals surface area contributed by atoms with Crippen LogP contribution < -0.4 is 5.32 Å². The van der Waals surface area contributed by atoms with E-state index in [1.54, 1.807) is 12.2 Å². The van der Waals surface area contributed by atoms with Gasteiger partial charge in [-0.05, 0) is 46.0 Å². The molecule has 0 aromatic heterocycles. The number of nitrogens with one attached hydrogen (secondary N) is 1. The fourth-order valence-electron chi connectivity index (χ4n) is 3.75. The molecule has 0 bridgehead atoms. The van der Waals surface area contributed by atoms with Gasteiger partial charge in [0.2, 0.25) is 0 Å². The van der Waals surface area contributed by atoms with E-state index < -0.39 is 11.9 Å². The van der Waals surface area contributed by atoms with Gasteiger partial charge in [0.15, 0.2) is 0 Å². The van der Waals surface area contributed by atoms with Crippen molar-refractivity contribution in [3.05, 3.63) is 101 Å². The topological polar surface area (TPSA) is 62.1 Å². The van der Waals surface area contributed by atoms with Gasteiger partial charge in [0.25, 0.3) is 0 Å². The molecule has 1 N–H and O–H groups in total. The van der Waals surface area contributed by atoms with Crippen LogP contribution in [0.15, 0.2) is 72.8 Å². The fourth-order valence-corrected chi connectivity index (χ4v) is 3.75. The number of fused-ring (bicyclic) bond motifs is 3. The van der Waals surface area contributed by atoms with Gasteiger partial charge in [-0.15, -0.1) is 0 Å². The zero-order chi connectivity index (χ0) is 20.9. The van der Waals surface area contributed by atoms with Crippen molar-refractivity contribution in [1.29, 1.82) is 5.26 Å². The SMILES string of the molecule is N#Cc1ccc(F)cc1C=CCNC(=O)OCC1c2ccccc2-c2ccccc21. The van der Waals surface area contributed by atoms with E-state index in [1.807, 2.05) is 30.3 Å². The first-order chi connectivity index (χ1) is 14.7. The molecule has 0 heterocycles. The van der Waals surface area contributed by atoms with Crippen LogP contribution >= 0.6 is 0 Å². The van der Waals surface area contributed by atoms with E-state index in [4.69, 9.17) is 10.00 Å². The van der Waals surface area contributed by atoms with Gasteiger partial charge in [-0.3, -0.25) is 0 Å². The standard InChI is InChI=1S/C25H19FN2O2/c26-19-12-11-18(15-27)17(14-19)6-5-13-28-25(29)30-16-24-22-9-3-1-7-20(22)21-8-2-4-10-23(21)24/h1-12,14,24H,13,16H2,(H,28,29). The largest absolute Gasteiger partial charge is 0.449 e. The summed E-state index contributed by atoms with van der Waals surface area (Å²) in [5.74, 6) is -0.415. The smallest absolute Gasteiger partial charge is 0.407 e. The van der Waals surface area contributed by atoms with Crippen LogP contribution in [0.4, 0.5) is 9.18 Å². The molecule has 3 aromatic carbocycles. The van der Waals surface area contributed by atoms with Crippen LogP contribution in [0.3, 0.4) is 0 Å². The minimum Gasteiger partial charge on any atom is -0.449 e. The minimum absolute atomic E-state index is 0.00386. The number of ether oxygens (including phenoxy) is 1. The molecule has 4 nitrogen and oxygen atoms in total. The van der Waals surface area contributed by atoms with Crippen LogP contribution in [-0.2, 0) is 4.74 Å². The van der Waals surface area contributed by atoms with Crippen molar-refractivity contribution in [1.82, 2.24) is 5.32 Å². The van der Waals surface area contributed by atoms with Crippen LogP contribution in [0, 0.1) is 17.1 Å². The Hall–Kier alpha value is -3.91. The average Bonchev–Trinajstić information content (AvgIpc) is 3.09. The minimum atomic E-state index is -0.527. The summed E-state index contributed by atoms with van der Waals surface area (Å²) in [4.78, 5) is 12.1. The van der Waals surface area contributed by atoms with Gasteiger partial charge in [0.1, 0.15) is 12.4 Å². The number of hydrogen-bond donors (Lipinski definition) is 1. The van der Waals surface area contributed by atoms with Crippen molar-refractivity contribution >= 4 is 12.2 Å². The monoisotopic (exact) mass is 398 g/mol. The van der Waals surface area contributed by atoms with Crippen LogP contribution in [0.1, 0.15) is 28.2 Å². The van der Waals surface area contributed by atoms with E-state index in [1.165, 1.54) is 29.3 Å². The molecule has 0 fully saturated rings. The predicted octanol–water partition coefficient (Wildman–Crippen LogP) is 5.25. The van der Waals surface area contributed by atoms with Crippen LogP contribution in [0.2, 0.25) is 0 Å². The quantitative estimate of drug-likeness (QED) is 0.639. The van der Waals surface area contributed by atoms with E-state index in [0.29, 0.717) is 11.1 Å². The maximum absolute atomic E-state index is 13.3. The molecule has 5 heteroatoms. The second kappa shape index (κ2) is 8.62. The predicted molar refractivity (Wildman–Crippen MR) is 113 cm³/mol. The van der Waals surface area contributed by atoms with E-state index >= 15 is 0 Å². The molecule has 3 aromatic rings. The normalized spacial score (nSPS) is 12.3. The number of amides is 1. The average molecular weight is 398 g/mol. The van der Waals surface area contributed by atoms with Crippen molar-refractivity contribution < 1.29 is 13.9 Å².